The first-order valence-electron chi connectivity index (χ1n) is 9.56. The number of amidine groups is 1. The van der Waals surface area contributed by atoms with Gasteiger partial charge in [-0.05, 0) is 36.4 Å². The van der Waals surface area contributed by atoms with Crippen LogP contribution in [0.3, 0.4) is 0 Å². The average molecular weight is 484 g/mol. The molecule has 11 heteroatoms. The van der Waals surface area contributed by atoms with Gasteiger partial charge in [-0.1, -0.05) is 41.4 Å². The van der Waals surface area contributed by atoms with Crippen molar-refractivity contribution in [2.45, 2.75) is 0 Å². The van der Waals surface area contributed by atoms with E-state index in [1.165, 1.54) is 18.2 Å². The van der Waals surface area contributed by atoms with Gasteiger partial charge in [0.1, 0.15) is 6.54 Å². The minimum atomic E-state index is -0.775. The van der Waals surface area contributed by atoms with Gasteiger partial charge in [0.2, 0.25) is 0 Å². The van der Waals surface area contributed by atoms with Crippen molar-refractivity contribution in [3.05, 3.63) is 98.0 Å². The summed E-state index contributed by atoms with van der Waals surface area (Å²) in [5.41, 5.74) is 4.74. The molecule has 0 atom stereocenters. The zero-order valence-electron chi connectivity index (χ0n) is 16.8. The molecular weight excluding hydrogens is 469 g/mol. The minimum Gasteiger partial charge on any atom is -0.323 e. The lowest BCUT2D eigenvalue weighted by atomic mass is 10.00. The lowest BCUT2D eigenvalue weighted by molar-refractivity contribution is -0.384. The summed E-state index contributed by atoms with van der Waals surface area (Å²) in [4.78, 5) is 36.9. The van der Waals surface area contributed by atoms with Crippen LogP contribution >= 0.6 is 23.2 Å². The first-order chi connectivity index (χ1) is 15.9. The van der Waals surface area contributed by atoms with Gasteiger partial charge in [-0.25, -0.2) is 15.3 Å². The number of hydroxylamine groups is 1. The molecule has 4 rings (SSSR count). The highest BCUT2D eigenvalue weighted by molar-refractivity contribution is 6.36. The summed E-state index contributed by atoms with van der Waals surface area (Å²) in [5.74, 6) is 0.221. The highest BCUT2D eigenvalue weighted by Crippen LogP contribution is 2.31. The van der Waals surface area contributed by atoms with Gasteiger partial charge in [0.05, 0.1) is 16.3 Å². The molecule has 0 radical (unpaired) electrons. The number of carbonyl (C=O) groups is 1. The molecule has 1 amide bonds. The summed E-state index contributed by atoms with van der Waals surface area (Å²) in [7, 11) is 0. The third-order valence-electron chi connectivity index (χ3n) is 4.57. The van der Waals surface area contributed by atoms with E-state index in [9.17, 15) is 14.9 Å². The predicted octanol–water partition coefficient (Wildman–Crippen LogP) is 5.54. The van der Waals surface area contributed by atoms with Crippen molar-refractivity contribution in [2.24, 2.45) is 9.98 Å². The first kappa shape index (κ1) is 22.3. The van der Waals surface area contributed by atoms with Crippen molar-refractivity contribution in [1.82, 2.24) is 5.48 Å². The largest absolute Gasteiger partial charge is 0.435 e. The maximum Gasteiger partial charge on any atom is 0.435 e. The summed E-state index contributed by atoms with van der Waals surface area (Å²) >= 11 is 12.2. The molecule has 1 heterocycles. The summed E-state index contributed by atoms with van der Waals surface area (Å²) in [6.45, 7) is 0.0112. The number of rotatable bonds is 3. The lowest BCUT2D eigenvalue weighted by Gasteiger charge is -2.09. The van der Waals surface area contributed by atoms with Crippen LogP contribution in [0, 0.1) is 10.1 Å². The van der Waals surface area contributed by atoms with Gasteiger partial charge < -0.3 is 4.84 Å². The van der Waals surface area contributed by atoms with Crippen LogP contribution in [0.25, 0.3) is 0 Å². The Kier molecular flexibility index (Phi) is 6.53. The van der Waals surface area contributed by atoms with Gasteiger partial charge in [0.25, 0.3) is 5.69 Å². The van der Waals surface area contributed by atoms with Crippen LogP contribution in [0.5, 0.6) is 0 Å². The molecule has 0 unspecified atom stereocenters. The van der Waals surface area contributed by atoms with Crippen LogP contribution in [0.15, 0.2) is 76.7 Å². The molecule has 1 aliphatic rings. The highest BCUT2D eigenvalue weighted by Gasteiger charge is 2.21. The fraction of sp³-hybridized carbons (Fsp3) is 0.0455. The van der Waals surface area contributed by atoms with Crippen LogP contribution in [0.4, 0.5) is 21.9 Å². The number of nitrogens with one attached hydrogen (secondary N) is 2. The number of anilines is 1. The van der Waals surface area contributed by atoms with E-state index in [1.807, 2.05) is 0 Å². The van der Waals surface area contributed by atoms with Crippen LogP contribution in [0.2, 0.25) is 10.0 Å². The molecule has 1 aliphatic heterocycles. The van der Waals surface area contributed by atoms with Crippen molar-refractivity contribution in [1.29, 1.82) is 0 Å². The number of nitro groups is 1. The summed E-state index contributed by atoms with van der Waals surface area (Å²) in [6, 6.07) is 17.7. The van der Waals surface area contributed by atoms with Crippen LogP contribution < -0.4 is 10.8 Å². The lowest BCUT2D eigenvalue weighted by Crippen LogP contribution is -2.31. The molecule has 0 bridgehead atoms. The maximum atomic E-state index is 12.1. The number of non-ortho nitro benzene ring substituents is 1. The topological polar surface area (TPSA) is 118 Å². The second-order valence-electron chi connectivity index (χ2n) is 6.79. The summed E-state index contributed by atoms with van der Waals surface area (Å²) < 4.78 is 0. The molecule has 166 valence electrons. The molecule has 3 aromatic rings. The number of nitrogens with zero attached hydrogens (tertiary/aromatic N) is 3. The number of carbonyl (C=O) groups excluding carboxylic acids is 1. The highest BCUT2D eigenvalue weighted by atomic mass is 35.5. The number of nitro benzene ring substituents is 1. The van der Waals surface area contributed by atoms with E-state index in [-0.39, 0.29) is 18.1 Å². The summed E-state index contributed by atoms with van der Waals surface area (Å²) in [6.07, 6.45) is -0.775. The summed E-state index contributed by atoms with van der Waals surface area (Å²) in [5, 5.41) is 14.8. The molecule has 0 spiro atoms. The number of fused-ring (bicyclic) bond motifs is 1. The standard InChI is InChI=1S/C22H15Cl2N5O4/c23-13-5-7-14(8-6-13)26-22(30)33-28-20-12-25-21(16-3-1-2-4-18(16)24)17-11-15(29(31)32)9-10-19(17)27-20/h1-11H,12H2,(H,26,30)(H,27,28). The van der Waals surface area contributed by atoms with E-state index < -0.39 is 11.0 Å². The molecule has 3 aromatic carbocycles. The van der Waals surface area contributed by atoms with Gasteiger partial charge in [0, 0.05) is 39.0 Å². The van der Waals surface area contributed by atoms with Gasteiger partial charge >= 0.3 is 6.09 Å². The number of amides is 1. The maximum absolute atomic E-state index is 12.1. The normalized spacial score (nSPS) is 12.5. The van der Waals surface area contributed by atoms with Crippen LogP contribution in [-0.2, 0) is 4.84 Å². The molecule has 0 saturated carbocycles. The van der Waals surface area contributed by atoms with E-state index in [1.54, 1.807) is 48.5 Å². The zero-order valence-corrected chi connectivity index (χ0v) is 18.3. The quantitative estimate of drug-likeness (QED) is 0.374. The van der Waals surface area contributed by atoms with E-state index in [0.29, 0.717) is 38.3 Å². The van der Waals surface area contributed by atoms with Crippen molar-refractivity contribution in [3.8, 4) is 0 Å². The second kappa shape index (κ2) is 9.68. The fourth-order valence-electron chi connectivity index (χ4n) is 3.07. The van der Waals surface area contributed by atoms with Crippen molar-refractivity contribution in [3.63, 3.8) is 0 Å². The number of benzene rings is 3. The third-order valence-corrected chi connectivity index (χ3v) is 5.15. The second-order valence-corrected chi connectivity index (χ2v) is 7.63. The number of hydrogen-bond donors (Lipinski definition) is 2. The van der Waals surface area contributed by atoms with Gasteiger partial charge in [0.15, 0.2) is 5.84 Å². The predicted molar refractivity (Wildman–Crippen MR) is 127 cm³/mol. The monoisotopic (exact) mass is 483 g/mol. The van der Waals surface area contributed by atoms with Crippen LogP contribution in [-0.4, -0.2) is 29.1 Å². The zero-order chi connectivity index (χ0) is 23.4. The van der Waals surface area contributed by atoms with Gasteiger partial charge in [-0.15, -0.1) is 0 Å². The molecule has 33 heavy (non-hydrogen) atoms. The van der Waals surface area contributed by atoms with Crippen LogP contribution in [0.1, 0.15) is 11.1 Å². The fourth-order valence-corrected chi connectivity index (χ4v) is 3.42. The smallest absolute Gasteiger partial charge is 0.323 e. The molecule has 0 fully saturated rings. The van der Waals surface area contributed by atoms with Crippen molar-refractivity contribution in [2.75, 3.05) is 11.9 Å². The Labute approximate surface area is 197 Å². The Morgan fingerprint density at radius 2 is 1.79 bits per heavy atom. The van der Waals surface area contributed by atoms with Gasteiger partial charge in [-0.3, -0.25) is 20.4 Å². The molecule has 0 aliphatic carbocycles. The minimum absolute atomic E-state index is 0.0112. The Hall–Kier alpha value is -3.95. The van der Waals surface area contributed by atoms with E-state index >= 15 is 0 Å². The Bertz CT molecular complexity index is 1290. The Balaban J connectivity index is 1.59. The number of aliphatic imine (C=N–C) groups is 2. The Morgan fingerprint density at radius 3 is 2.52 bits per heavy atom. The number of halogens is 2. The molecule has 0 saturated heterocycles. The average Bonchev–Trinajstić information content (AvgIpc) is 2.98. The van der Waals surface area contributed by atoms with E-state index in [0.717, 1.165) is 0 Å². The van der Waals surface area contributed by atoms with Crippen molar-refractivity contribution >= 4 is 57.9 Å². The third kappa shape index (κ3) is 5.28. The molecular formula is C22H15Cl2N5O4. The molecule has 0 aromatic heterocycles. The first-order valence-corrected chi connectivity index (χ1v) is 10.3. The van der Waals surface area contributed by atoms with E-state index in [4.69, 9.17) is 28.0 Å². The van der Waals surface area contributed by atoms with Crippen molar-refractivity contribution < 1.29 is 14.6 Å². The molecule has 2 N–H and O–H groups in total. The van der Waals surface area contributed by atoms with Gasteiger partial charge in [-0.2, -0.15) is 0 Å². The molecule has 9 nitrogen and oxygen atoms in total. The Morgan fingerprint density at radius 1 is 1.03 bits per heavy atom. The number of hydrogen-bond acceptors (Lipinski definition) is 7. The SMILES string of the molecule is O=C(Nc1ccc(Cl)cc1)ONC1=Nc2ccc([N+](=O)[O-])cc2C(c2ccccc2Cl)=NC1. The van der Waals surface area contributed by atoms with E-state index in [2.05, 4.69) is 20.8 Å².